The first-order chi connectivity index (χ1) is 6.29. The van der Waals surface area contributed by atoms with Gasteiger partial charge in [-0.3, -0.25) is 0 Å². The summed E-state index contributed by atoms with van der Waals surface area (Å²) < 4.78 is 5.91. The molecule has 0 N–H and O–H groups in total. The molecule has 1 aliphatic rings. The number of hydrogen-bond acceptors (Lipinski definition) is 1. The zero-order valence-corrected chi connectivity index (χ0v) is 11.4. The predicted molar refractivity (Wildman–Crippen MR) is 60.9 cm³/mol. The maximum absolute atomic E-state index is 5.91. The summed E-state index contributed by atoms with van der Waals surface area (Å²) in [6.07, 6.45) is 9.53. The molecule has 0 heterocycles. The quantitative estimate of drug-likeness (QED) is 0.633. The van der Waals surface area contributed by atoms with Gasteiger partial charge in [-0.25, -0.2) is 0 Å². The average Bonchev–Trinajstić information content (AvgIpc) is 2.23. The van der Waals surface area contributed by atoms with Gasteiger partial charge in [-0.1, -0.05) is 33.1 Å². The van der Waals surface area contributed by atoms with Gasteiger partial charge in [0.05, 0.1) is 5.60 Å². The highest BCUT2D eigenvalue weighted by Crippen LogP contribution is 2.38. The van der Waals surface area contributed by atoms with E-state index in [1.807, 2.05) is 0 Å². The van der Waals surface area contributed by atoms with Crippen LogP contribution in [0.25, 0.3) is 0 Å². The van der Waals surface area contributed by atoms with E-state index in [1.165, 1.54) is 44.9 Å². The maximum Gasteiger partial charge on any atom is 0.146 e. The van der Waals surface area contributed by atoms with Crippen LogP contribution in [0.5, 0.6) is 0 Å². The monoisotopic (exact) mass is 200 g/mol. The first kappa shape index (κ1) is 11.3. The lowest BCUT2D eigenvalue weighted by Crippen LogP contribution is -2.40. The minimum Gasteiger partial charge on any atom is -0.422 e. The fourth-order valence-corrected chi connectivity index (χ4v) is 3.82. The van der Waals surface area contributed by atoms with Gasteiger partial charge < -0.3 is 4.43 Å². The van der Waals surface area contributed by atoms with Gasteiger partial charge in [-0.05, 0) is 31.6 Å². The molecule has 1 rings (SSSR count). The van der Waals surface area contributed by atoms with Crippen molar-refractivity contribution in [3.05, 3.63) is 0 Å². The van der Waals surface area contributed by atoms with Crippen LogP contribution in [0, 0.1) is 5.92 Å². The van der Waals surface area contributed by atoms with Crippen molar-refractivity contribution in [3.8, 4) is 0 Å². The summed E-state index contributed by atoms with van der Waals surface area (Å²) in [5, 5.41) is 0. The predicted octanol–water partition coefficient (Wildman–Crippen LogP) is 2.42. The zero-order valence-electron chi connectivity index (χ0n) is 9.44. The third-order valence-corrected chi connectivity index (χ3v) is 4.77. The Labute approximate surface area is 85.8 Å². The molecule has 78 valence electrons. The van der Waals surface area contributed by atoms with E-state index in [0.717, 1.165) is 16.4 Å². The van der Waals surface area contributed by atoms with Crippen LogP contribution >= 0.6 is 0 Å². The lowest BCUT2D eigenvalue weighted by molar-refractivity contribution is -0.00886. The van der Waals surface area contributed by atoms with Crippen LogP contribution < -0.4 is 0 Å². The van der Waals surface area contributed by atoms with E-state index in [-0.39, 0.29) is 5.60 Å². The molecular formula is C11H24OSi. The molecule has 0 spiro atoms. The van der Waals surface area contributed by atoms with Gasteiger partial charge in [0, 0.05) is 0 Å². The third-order valence-electron chi connectivity index (χ3n) is 3.95. The highest BCUT2D eigenvalue weighted by molar-refractivity contribution is 5.98. The van der Waals surface area contributed by atoms with E-state index in [1.54, 1.807) is 0 Å². The lowest BCUT2D eigenvalue weighted by atomic mass is 9.74. The summed E-state index contributed by atoms with van der Waals surface area (Å²) >= 11 is 0. The van der Waals surface area contributed by atoms with Crippen LogP contribution in [0.1, 0.15) is 58.8 Å². The van der Waals surface area contributed by atoms with E-state index >= 15 is 0 Å². The Kier molecular flexibility index (Phi) is 4.46. The molecule has 2 heteroatoms. The Balaban J connectivity index is 2.60. The van der Waals surface area contributed by atoms with Crippen molar-refractivity contribution in [3.63, 3.8) is 0 Å². The highest BCUT2D eigenvalue weighted by atomic mass is 28.2. The van der Waals surface area contributed by atoms with Gasteiger partial charge in [0.1, 0.15) is 10.5 Å². The van der Waals surface area contributed by atoms with Crippen LogP contribution in [-0.4, -0.2) is 16.1 Å². The molecular weight excluding hydrogens is 176 g/mol. The molecule has 0 amide bonds. The summed E-state index contributed by atoms with van der Waals surface area (Å²) in [5.41, 5.74) is 0.257. The second-order valence-corrected chi connectivity index (χ2v) is 4.72. The summed E-state index contributed by atoms with van der Waals surface area (Å²) in [7, 11) is 0.899. The van der Waals surface area contributed by atoms with Crippen molar-refractivity contribution in [1.82, 2.24) is 0 Å². The fourth-order valence-electron chi connectivity index (χ4n) is 2.91. The largest absolute Gasteiger partial charge is 0.422 e. The van der Waals surface area contributed by atoms with Crippen LogP contribution in [-0.2, 0) is 4.43 Å². The molecule has 0 aromatic heterocycles. The van der Waals surface area contributed by atoms with Crippen molar-refractivity contribution in [1.29, 1.82) is 0 Å². The third kappa shape index (κ3) is 2.35. The molecule has 0 atom stereocenters. The maximum atomic E-state index is 5.91. The Morgan fingerprint density at radius 1 is 1.15 bits per heavy atom. The van der Waals surface area contributed by atoms with Crippen molar-refractivity contribution in [2.75, 3.05) is 0 Å². The van der Waals surface area contributed by atoms with Crippen molar-refractivity contribution >= 4 is 10.5 Å². The first-order valence-electron chi connectivity index (χ1n) is 5.84. The van der Waals surface area contributed by atoms with Gasteiger partial charge in [0.25, 0.3) is 0 Å². The smallest absolute Gasteiger partial charge is 0.146 e. The minimum absolute atomic E-state index is 0.257. The number of rotatable bonds is 4. The van der Waals surface area contributed by atoms with E-state index in [0.29, 0.717) is 0 Å². The van der Waals surface area contributed by atoms with Crippen LogP contribution in [0.15, 0.2) is 0 Å². The molecule has 1 aliphatic carbocycles. The molecule has 1 fully saturated rings. The van der Waals surface area contributed by atoms with Gasteiger partial charge in [-0.2, -0.15) is 0 Å². The summed E-state index contributed by atoms with van der Waals surface area (Å²) in [5.74, 6) is 0.855. The summed E-state index contributed by atoms with van der Waals surface area (Å²) in [6.45, 7) is 4.58. The lowest BCUT2D eigenvalue weighted by Gasteiger charge is -2.41. The Hall–Kier alpha value is 0.177. The van der Waals surface area contributed by atoms with Crippen molar-refractivity contribution < 1.29 is 4.43 Å². The number of hydrogen-bond donors (Lipinski definition) is 0. The summed E-state index contributed by atoms with van der Waals surface area (Å²) in [4.78, 5) is 0. The zero-order chi connectivity index (χ0) is 9.73. The molecule has 0 radical (unpaired) electrons. The van der Waals surface area contributed by atoms with E-state index in [9.17, 15) is 0 Å². The molecule has 0 unspecified atom stereocenters. The Morgan fingerprint density at radius 3 is 2.08 bits per heavy atom. The van der Waals surface area contributed by atoms with Crippen LogP contribution in [0.3, 0.4) is 0 Å². The molecule has 0 aromatic carbocycles. The van der Waals surface area contributed by atoms with E-state index in [4.69, 9.17) is 4.43 Å². The van der Waals surface area contributed by atoms with E-state index in [2.05, 4.69) is 13.8 Å². The molecule has 0 bridgehead atoms. The van der Waals surface area contributed by atoms with Gasteiger partial charge in [0.2, 0.25) is 0 Å². The molecule has 0 saturated heterocycles. The second kappa shape index (κ2) is 5.16. The SMILES string of the molecule is CCC(CC)(O[SiH3])C1CCCCC1. The minimum atomic E-state index is 0.257. The Morgan fingerprint density at radius 2 is 1.69 bits per heavy atom. The summed E-state index contributed by atoms with van der Waals surface area (Å²) in [6, 6.07) is 0. The van der Waals surface area contributed by atoms with Crippen molar-refractivity contribution in [2.45, 2.75) is 64.4 Å². The fraction of sp³-hybridized carbons (Fsp3) is 1.00. The second-order valence-electron chi connectivity index (χ2n) is 4.31. The van der Waals surface area contributed by atoms with E-state index < -0.39 is 0 Å². The van der Waals surface area contributed by atoms with Gasteiger partial charge in [0.15, 0.2) is 0 Å². The normalized spacial score (nSPS) is 20.8. The first-order valence-corrected chi connectivity index (χ1v) is 6.66. The Bertz CT molecular complexity index is 129. The van der Waals surface area contributed by atoms with Gasteiger partial charge in [-0.15, -0.1) is 0 Å². The molecule has 0 aromatic rings. The van der Waals surface area contributed by atoms with Crippen molar-refractivity contribution in [2.24, 2.45) is 5.92 Å². The topological polar surface area (TPSA) is 9.23 Å². The highest BCUT2D eigenvalue weighted by Gasteiger charge is 2.35. The van der Waals surface area contributed by atoms with Crippen LogP contribution in [0.2, 0.25) is 0 Å². The average molecular weight is 200 g/mol. The van der Waals surface area contributed by atoms with Crippen LogP contribution in [0.4, 0.5) is 0 Å². The standard InChI is InChI=1S/C11H24OSi/c1-3-11(4-2,12-13)10-8-6-5-7-9-10/h10H,3-9H2,1-2,13H3. The molecule has 1 saturated carbocycles. The molecule has 1 nitrogen and oxygen atoms in total. The molecule has 0 aliphatic heterocycles. The molecule has 13 heavy (non-hydrogen) atoms. The van der Waals surface area contributed by atoms with Gasteiger partial charge >= 0.3 is 0 Å².